The molecule has 0 amide bonds. The zero-order valence-corrected chi connectivity index (χ0v) is 10.2. The van der Waals surface area contributed by atoms with Gasteiger partial charge in [0.25, 0.3) is 0 Å². The predicted molar refractivity (Wildman–Crippen MR) is 71.7 cm³/mol. The van der Waals surface area contributed by atoms with Crippen LogP contribution in [0.5, 0.6) is 0 Å². The molecule has 2 rings (SSSR count). The first kappa shape index (κ1) is 11.4. The summed E-state index contributed by atoms with van der Waals surface area (Å²) < 4.78 is 0. The lowest BCUT2D eigenvalue weighted by Crippen LogP contribution is -2.12. The number of pyridine rings is 1. The van der Waals surface area contributed by atoms with Crippen LogP contribution in [0.3, 0.4) is 0 Å². The number of aromatic nitrogens is 1. The van der Waals surface area contributed by atoms with Gasteiger partial charge < -0.3 is 5.73 Å². The van der Waals surface area contributed by atoms with Gasteiger partial charge in [-0.2, -0.15) is 11.8 Å². The van der Waals surface area contributed by atoms with E-state index in [1.807, 2.05) is 36.3 Å². The lowest BCUT2D eigenvalue weighted by atomic mass is 10.0. The topological polar surface area (TPSA) is 38.9 Å². The highest BCUT2D eigenvalue weighted by atomic mass is 32.2. The fourth-order valence-electron chi connectivity index (χ4n) is 1.84. The summed E-state index contributed by atoms with van der Waals surface area (Å²) in [4.78, 5) is 4.26. The summed E-state index contributed by atoms with van der Waals surface area (Å²) in [6.45, 7) is 0. The highest BCUT2D eigenvalue weighted by Crippen LogP contribution is 2.24. The van der Waals surface area contributed by atoms with E-state index in [1.165, 1.54) is 10.8 Å². The summed E-state index contributed by atoms with van der Waals surface area (Å²) in [5.41, 5.74) is 7.35. The smallest absolute Gasteiger partial charge is 0.0346 e. The standard InChI is InChI=1S/C13H16N2S/c1-16-7-6-13(14)12-9-15-8-10-4-2-3-5-11(10)12/h2-5,8-9,13H,6-7,14H2,1H3. The minimum absolute atomic E-state index is 0.0889. The van der Waals surface area contributed by atoms with Gasteiger partial charge in [-0.05, 0) is 29.4 Å². The Balaban J connectivity index is 2.36. The van der Waals surface area contributed by atoms with Crippen LogP contribution in [0.1, 0.15) is 18.0 Å². The Hall–Kier alpha value is -1.06. The van der Waals surface area contributed by atoms with E-state index in [0.717, 1.165) is 17.7 Å². The molecule has 1 unspecified atom stereocenters. The maximum absolute atomic E-state index is 6.19. The van der Waals surface area contributed by atoms with Crippen molar-refractivity contribution in [3.63, 3.8) is 0 Å². The third-order valence-corrected chi connectivity index (χ3v) is 3.38. The largest absolute Gasteiger partial charge is 0.324 e. The number of benzene rings is 1. The minimum atomic E-state index is 0.0889. The van der Waals surface area contributed by atoms with Crippen molar-refractivity contribution < 1.29 is 0 Å². The molecule has 0 aliphatic heterocycles. The van der Waals surface area contributed by atoms with E-state index in [1.54, 1.807) is 0 Å². The fourth-order valence-corrected chi connectivity index (χ4v) is 2.33. The normalized spacial score (nSPS) is 12.9. The average molecular weight is 232 g/mol. The van der Waals surface area contributed by atoms with Gasteiger partial charge in [-0.1, -0.05) is 24.3 Å². The molecule has 2 N–H and O–H groups in total. The molecular weight excluding hydrogens is 216 g/mol. The molecule has 0 aliphatic carbocycles. The third-order valence-electron chi connectivity index (χ3n) is 2.73. The highest BCUT2D eigenvalue weighted by Gasteiger charge is 2.09. The first-order valence-electron chi connectivity index (χ1n) is 5.40. The molecule has 1 aromatic carbocycles. The minimum Gasteiger partial charge on any atom is -0.324 e. The zero-order valence-electron chi connectivity index (χ0n) is 9.39. The quantitative estimate of drug-likeness (QED) is 0.880. The molecule has 3 heteroatoms. The Labute approximate surface area is 100 Å². The molecule has 2 nitrogen and oxygen atoms in total. The van der Waals surface area contributed by atoms with Gasteiger partial charge in [-0.25, -0.2) is 0 Å². The summed E-state index contributed by atoms with van der Waals surface area (Å²) in [6.07, 6.45) is 6.89. The molecule has 0 spiro atoms. The van der Waals surface area contributed by atoms with Crippen LogP contribution in [-0.2, 0) is 0 Å². The van der Waals surface area contributed by atoms with Crippen molar-refractivity contribution in [2.75, 3.05) is 12.0 Å². The van der Waals surface area contributed by atoms with Crippen LogP contribution >= 0.6 is 11.8 Å². The number of hydrogen-bond donors (Lipinski definition) is 1. The second-order valence-corrected chi connectivity index (χ2v) is 4.82. The Bertz CT molecular complexity index is 465. The summed E-state index contributed by atoms with van der Waals surface area (Å²) in [5, 5.41) is 2.39. The summed E-state index contributed by atoms with van der Waals surface area (Å²) in [5.74, 6) is 1.09. The molecule has 0 bridgehead atoms. The van der Waals surface area contributed by atoms with Crippen molar-refractivity contribution in [1.29, 1.82) is 0 Å². The van der Waals surface area contributed by atoms with Gasteiger partial charge in [-0.15, -0.1) is 0 Å². The van der Waals surface area contributed by atoms with Gasteiger partial charge in [0.15, 0.2) is 0 Å². The molecule has 0 saturated carbocycles. The Morgan fingerprint density at radius 2 is 2.12 bits per heavy atom. The predicted octanol–water partition coefficient (Wildman–Crippen LogP) is 2.99. The van der Waals surface area contributed by atoms with E-state index < -0.39 is 0 Å². The third kappa shape index (κ3) is 2.36. The number of thioether (sulfide) groups is 1. The lowest BCUT2D eigenvalue weighted by molar-refractivity contribution is 0.708. The van der Waals surface area contributed by atoms with Crippen LogP contribution in [0.15, 0.2) is 36.7 Å². The van der Waals surface area contributed by atoms with Crippen LogP contribution < -0.4 is 5.73 Å². The van der Waals surface area contributed by atoms with Crippen LogP contribution in [-0.4, -0.2) is 17.0 Å². The van der Waals surface area contributed by atoms with Crippen molar-refractivity contribution in [1.82, 2.24) is 4.98 Å². The fraction of sp³-hybridized carbons (Fsp3) is 0.308. The molecule has 0 fully saturated rings. The molecule has 1 atom stereocenters. The molecule has 0 radical (unpaired) electrons. The second kappa shape index (κ2) is 5.32. The number of nitrogens with two attached hydrogens (primary N) is 1. The van der Waals surface area contributed by atoms with Crippen LogP contribution in [0.2, 0.25) is 0 Å². The molecule has 84 valence electrons. The summed E-state index contributed by atoms with van der Waals surface area (Å²) in [7, 11) is 0. The Morgan fingerprint density at radius 3 is 2.94 bits per heavy atom. The molecule has 1 aromatic heterocycles. The van der Waals surface area contributed by atoms with Gasteiger partial charge in [-0.3, -0.25) is 4.98 Å². The Kier molecular flexibility index (Phi) is 3.80. The Morgan fingerprint density at radius 1 is 1.31 bits per heavy atom. The number of rotatable bonds is 4. The first-order valence-corrected chi connectivity index (χ1v) is 6.79. The van der Waals surface area contributed by atoms with Crippen molar-refractivity contribution in [3.8, 4) is 0 Å². The van der Waals surface area contributed by atoms with E-state index in [0.29, 0.717) is 0 Å². The van der Waals surface area contributed by atoms with E-state index in [4.69, 9.17) is 5.73 Å². The molecule has 16 heavy (non-hydrogen) atoms. The van der Waals surface area contributed by atoms with Crippen LogP contribution in [0, 0.1) is 0 Å². The molecule has 0 saturated heterocycles. The maximum Gasteiger partial charge on any atom is 0.0346 e. The van der Waals surface area contributed by atoms with Crippen molar-refractivity contribution in [2.24, 2.45) is 5.73 Å². The van der Waals surface area contributed by atoms with Crippen molar-refractivity contribution in [2.45, 2.75) is 12.5 Å². The first-order chi connectivity index (χ1) is 7.83. The van der Waals surface area contributed by atoms with Gasteiger partial charge in [0, 0.05) is 23.8 Å². The van der Waals surface area contributed by atoms with Gasteiger partial charge in [0.05, 0.1) is 0 Å². The monoisotopic (exact) mass is 232 g/mol. The average Bonchev–Trinajstić information content (AvgIpc) is 2.35. The van der Waals surface area contributed by atoms with E-state index in [2.05, 4.69) is 23.4 Å². The van der Waals surface area contributed by atoms with E-state index in [-0.39, 0.29) is 6.04 Å². The SMILES string of the molecule is CSCCC(N)c1cncc2ccccc12. The van der Waals surface area contributed by atoms with Crippen LogP contribution in [0.25, 0.3) is 10.8 Å². The molecule has 0 aliphatic rings. The lowest BCUT2D eigenvalue weighted by Gasteiger charge is -2.13. The summed E-state index contributed by atoms with van der Waals surface area (Å²) >= 11 is 1.83. The number of nitrogens with zero attached hydrogens (tertiary/aromatic N) is 1. The summed E-state index contributed by atoms with van der Waals surface area (Å²) in [6, 6.07) is 8.36. The van der Waals surface area contributed by atoms with E-state index >= 15 is 0 Å². The van der Waals surface area contributed by atoms with Crippen molar-refractivity contribution >= 4 is 22.5 Å². The maximum atomic E-state index is 6.19. The van der Waals surface area contributed by atoms with Gasteiger partial charge >= 0.3 is 0 Å². The highest BCUT2D eigenvalue weighted by molar-refractivity contribution is 7.98. The second-order valence-electron chi connectivity index (χ2n) is 3.84. The van der Waals surface area contributed by atoms with Crippen LogP contribution in [0.4, 0.5) is 0 Å². The van der Waals surface area contributed by atoms with Gasteiger partial charge in [0.1, 0.15) is 0 Å². The molecule has 2 aromatic rings. The zero-order chi connectivity index (χ0) is 11.4. The molecular formula is C13H16N2S. The van der Waals surface area contributed by atoms with E-state index in [9.17, 15) is 0 Å². The molecule has 1 heterocycles. The van der Waals surface area contributed by atoms with Gasteiger partial charge in [0.2, 0.25) is 0 Å². The number of fused-ring (bicyclic) bond motifs is 1. The van der Waals surface area contributed by atoms with Crippen molar-refractivity contribution in [3.05, 3.63) is 42.2 Å². The number of hydrogen-bond acceptors (Lipinski definition) is 3.